The van der Waals surface area contributed by atoms with Crippen molar-refractivity contribution in [3.05, 3.63) is 51.4 Å². The van der Waals surface area contributed by atoms with Gasteiger partial charge in [0.15, 0.2) is 11.6 Å². The van der Waals surface area contributed by atoms with Gasteiger partial charge in [0.1, 0.15) is 5.00 Å². The molecule has 1 aromatic heterocycles. The van der Waals surface area contributed by atoms with E-state index in [0.717, 1.165) is 29.5 Å². The number of benzene rings is 1. The van der Waals surface area contributed by atoms with Gasteiger partial charge in [-0.25, -0.2) is 13.6 Å². The zero-order valence-corrected chi connectivity index (χ0v) is 16.0. The van der Waals surface area contributed by atoms with Crippen molar-refractivity contribution in [1.82, 2.24) is 4.90 Å². The molecular formula is C18H18F2N2O4S. The van der Waals surface area contributed by atoms with Gasteiger partial charge in [0.25, 0.3) is 11.8 Å². The Bertz CT molecular complexity index is 909. The Labute approximate surface area is 158 Å². The van der Waals surface area contributed by atoms with Crippen molar-refractivity contribution in [3.8, 4) is 0 Å². The fourth-order valence-corrected chi connectivity index (χ4v) is 3.48. The molecule has 0 aliphatic rings. The summed E-state index contributed by atoms with van der Waals surface area (Å²) in [6, 6.07) is 2.70. The van der Waals surface area contributed by atoms with E-state index in [1.807, 2.05) is 0 Å². The minimum atomic E-state index is -1.17. The Hall–Kier alpha value is -2.81. The molecule has 0 fully saturated rings. The molecule has 0 radical (unpaired) electrons. The van der Waals surface area contributed by atoms with E-state index in [-0.39, 0.29) is 33.5 Å². The van der Waals surface area contributed by atoms with E-state index in [9.17, 15) is 23.2 Å². The van der Waals surface area contributed by atoms with Crippen LogP contribution in [-0.4, -0.2) is 43.4 Å². The van der Waals surface area contributed by atoms with Crippen LogP contribution in [0.3, 0.4) is 0 Å². The van der Waals surface area contributed by atoms with Crippen molar-refractivity contribution >= 4 is 34.1 Å². The number of carbonyl (C=O) groups excluding carboxylic acids is 3. The number of nitrogens with zero attached hydrogens (tertiary/aromatic N) is 1. The summed E-state index contributed by atoms with van der Waals surface area (Å²) in [4.78, 5) is 38.6. The molecule has 0 saturated carbocycles. The highest BCUT2D eigenvalue weighted by molar-refractivity contribution is 7.18. The first-order chi connectivity index (χ1) is 12.7. The van der Waals surface area contributed by atoms with Crippen molar-refractivity contribution < 1.29 is 27.9 Å². The average Bonchev–Trinajstić information content (AvgIpc) is 2.92. The highest BCUT2D eigenvalue weighted by Crippen LogP contribution is 2.34. The molecule has 6 nitrogen and oxygen atoms in total. The molecule has 1 heterocycles. The summed E-state index contributed by atoms with van der Waals surface area (Å²) < 4.78 is 31.4. The van der Waals surface area contributed by atoms with Crippen LogP contribution in [0.1, 0.15) is 42.9 Å². The molecule has 0 unspecified atom stereocenters. The number of esters is 1. The topological polar surface area (TPSA) is 75.7 Å². The van der Waals surface area contributed by atoms with Gasteiger partial charge in [-0.3, -0.25) is 9.59 Å². The summed E-state index contributed by atoms with van der Waals surface area (Å²) in [5, 5.41) is 2.59. The lowest BCUT2D eigenvalue weighted by Gasteiger charge is -2.09. The molecule has 9 heteroatoms. The SMILES string of the molecule is CCOC(=O)c1c(NC(=O)c2ccc(F)c(F)c2)sc(C(=O)N(C)C)c1C. The number of carbonyl (C=O) groups is 3. The molecule has 2 aromatic rings. The van der Waals surface area contributed by atoms with E-state index < -0.39 is 23.5 Å². The van der Waals surface area contributed by atoms with Gasteiger partial charge in [-0.2, -0.15) is 0 Å². The normalized spacial score (nSPS) is 10.4. The maximum absolute atomic E-state index is 13.4. The number of hydrogen-bond donors (Lipinski definition) is 1. The summed E-state index contributed by atoms with van der Waals surface area (Å²) in [6.07, 6.45) is 0. The predicted molar refractivity (Wildman–Crippen MR) is 97.3 cm³/mol. The molecule has 0 bridgehead atoms. The second-order valence-electron chi connectivity index (χ2n) is 5.76. The van der Waals surface area contributed by atoms with Crippen molar-refractivity contribution in [2.24, 2.45) is 0 Å². The van der Waals surface area contributed by atoms with Gasteiger partial charge in [-0.05, 0) is 37.6 Å². The van der Waals surface area contributed by atoms with Crippen LogP contribution in [0.25, 0.3) is 0 Å². The number of rotatable bonds is 5. The minimum Gasteiger partial charge on any atom is -0.462 e. The lowest BCUT2D eigenvalue weighted by molar-refractivity contribution is 0.0527. The van der Waals surface area contributed by atoms with Crippen LogP contribution in [0.15, 0.2) is 18.2 Å². The van der Waals surface area contributed by atoms with Gasteiger partial charge in [-0.1, -0.05) is 0 Å². The van der Waals surface area contributed by atoms with Crippen molar-refractivity contribution in [1.29, 1.82) is 0 Å². The first-order valence-corrected chi connectivity index (χ1v) is 8.77. The van der Waals surface area contributed by atoms with E-state index in [2.05, 4.69) is 5.32 Å². The van der Waals surface area contributed by atoms with Crippen LogP contribution in [0.2, 0.25) is 0 Å². The lowest BCUT2D eigenvalue weighted by atomic mass is 10.1. The zero-order valence-electron chi connectivity index (χ0n) is 15.2. The quantitative estimate of drug-likeness (QED) is 0.786. The van der Waals surface area contributed by atoms with Gasteiger partial charge >= 0.3 is 5.97 Å². The predicted octanol–water partition coefficient (Wildman–Crippen LogP) is 3.47. The number of halogens is 2. The second kappa shape index (κ2) is 8.26. The van der Waals surface area contributed by atoms with E-state index in [1.165, 1.54) is 4.90 Å². The van der Waals surface area contributed by atoms with Gasteiger partial charge < -0.3 is 15.0 Å². The fraction of sp³-hybridized carbons (Fsp3) is 0.278. The Balaban J connectivity index is 2.45. The number of ether oxygens (including phenoxy) is 1. The van der Waals surface area contributed by atoms with Crippen LogP contribution in [0.4, 0.5) is 13.8 Å². The number of hydrogen-bond acceptors (Lipinski definition) is 5. The summed E-state index contributed by atoms with van der Waals surface area (Å²) in [6.45, 7) is 3.32. The van der Waals surface area contributed by atoms with Crippen LogP contribution in [0, 0.1) is 18.6 Å². The molecule has 1 N–H and O–H groups in total. The van der Waals surface area contributed by atoms with Crippen LogP contribution in [-0.2, 0) is 4.74 Å². The third kappa shape index (κ3) is 4.30. The summed E-state index contributed by atoms with van der Waals surface area (Å²) in [5.41, 5.74) is 0.302. The van der Waals surface area contributed by atoms with Gasteiger partial charge in [0.2, 0.25) is 0 Å². The molecule has 27 heavy (non-hydrogen) atoms. The van der Waals surface area contributed by atoms with Crippen molar-refractivity contribution in [2.45, 2.75) is 13.8 Å². The first kappa shape index (κ1) is 20.5. The maximum atomic E-state index is 13.4. The largest absolute Gasteiger partial charge is 0.462 e. The Morgan fingerprint density at radius 1 is 1.19 bits per heavy atom. The molecule has 0 aliphatic carbocycles. The first-order valence-electron chi connectivity index (χ1n) is 7.95. The van der Waals surface area contributed by atoms with Crippen molar-refractivity contribution in [2.75, 3.05) is 26.0 Å². The molecule has 0 aliphatic heterocycles. The number of nitrogens with one attached hydrogen (secondary N) is 1. The summed E-state index contributed by atoms with van der Waals surface area (Å²) in [7, 11) is 3.12. The zero-order chi connectivity index (χ0) is 20.3. The number of amides is 2. The van der Waals surface area contributed by atoms with Crippen molar-refractivity contribution in [3.63, 3.8) is 0 Å². The van der Waals surface area contributed by atoms with Gasteiger partial charge in [0.05, 0.1) is 17.0 Å². The minimum absolute atomic E-state index is 0.0583. The Morgan fingerprint density at radius 3 is 2.41 bits per heavy atom. The molecule has 0 atom stereocenters. The highest BCUT2D eigenvalue weighted by atomic mass is 32.1. The second-order valence-corrected chi connectivity index (χ2v) is 6.78. The third-order valence-corrected chi connectivity index (χ3v) is 4.83. The van der Waals surface area contributed by atoms with E-state index in [1.54, 1.807) is 27.9 Å². The molecule has 0 saturated heterocycles. The fourth-order valence-electron chi connectivity index (χ4n) is 2.27. The molecular weight excluding hydrogens is 378 g/mol. The lowest BCUT2D eigenvalue weighted by Crippen LogP contribution is -2.21. The Morgan fingerprint density at radius 2 is 1.85 bits per heavy atom. The molecule has 2 amide bonds. The standard InChI is InChI=1S/C18H18F2N2O4S/c1-5-26-18(25)13-9(2)14(17(24)22(3)4)27-16(13)21-15(23)10-6-7-11(19)12(20)8-10/h6-8H,5H2,1-4H3,(H,21,23). The van der Waals surface area contributed by atoms with Gasteiger partial charge in [-0.15, -0.1) is 11.3 Å². The van der Waals surface area contributed by atoms with E-state index in [0.29, 0.717) is 5.56 Å². The van der Waals surface area contributed by atoms with Gasteiger partial charge in [0, 0.05) is 19.7 Å². The molecule has 1 aromatic carbocycles. The molecule has 0 spiro atoms. The summed E-state index contributed by atoms with van der Waals surface area (Å²) >= 11 is 0.915. The van der Waals surface area contributed by atoms with E-state index in [4.69, 9.17) is 4.74 Å². The van der Waals surface area contributed by atoms with Crippen LogP contribution in [0.5, 0.6) is 0 Å². The number of anilines is 1. The third-order valence-electron chi connectivity index (χ3n) is 3.64. The maximum Gasteiger partial charge on any atom is 0.341 e. The molecule has 144 valence electrons. The smallest absolute Gasteiger partial charge is 0.341 e. The molecule has 2 rings (SSSR count). The van der Waals surface area contributed by atoms with E-state index >= 15 is 0 Å². The highest BCUT2D eigenvalue weighted by Gasteiger charge is 2.27. The van der Waals surface area contributed by atoms with Crippen LogP contribution < -0.4 is 5.32 Å². The Kier molecular flexibility index (Phi) is 6.27. The summed E-state index contributed by atoms with van der Waals surface area (Å²) in [5.74, 6) is -4.02. The van der Waals surface area contributed by atoms with Crippen LogP contribution >= 0.6 is 11.3 Å². The number of thiophene rings is 1. The average molecular weight is 396 g/mol. The monoisotopic (exact) mass is 396 g/mol.